The van der Waals surface area contributed by atoms with E-state index in [1.165, 1.54) is 7.11 Å². The first kappa shape index (κ1) is 30.2. The molecule has 0 unspecified atom stereocenters. The second-order valence-electron chi connectivity index (χ2n) is 12.1. The van der Waals surface area contributed by atoms with Crippen LogP contribution in [0.4, 0.5) is 5.69 Å². The van der Waals surface area contributed by atoms with Gasteiger partial charge in [-0.15, -0.1) is 0 Å². The number of fused-ring (bicyclic) bond motifs is 4. The van der Waals surface area contributed by atoms with Gasteiger partial charge in [0.05, 0.1) is 46.5 Å². The molecule has 8 heteroatoms. The monoisotopic (exact) mass is 598 g/mol. The third kappa shape index (κ3) is 6.19. The van der Waals surface area contributed by atoms with E-state index in [2.05, 4.69) is 23.1 Å². The molecule has 0 bridgehead atoms. The maximum Gasteiger partial charge on any atom is 0.311 e. The Bertz CT molecular complexity index is 1480. The number of hydrogen-bond acceptors (Lipinski definition) is 7. The number of nitrogens with zero attached hydrogens (tertiary/aromatic N) is 2. The fourth-order valence-corrected chi connectivity index (χ4v) is 7.58. The number of ether oxygens (including phenoxy) is 4. The molecule has 2 heterocycles. The van der Waals surface area contributed by atoms with E-state index in [1.54, 1.807) is 14.2 Å². The summed E-state index contributed by atoms with van der Waals surface area (Å²) in [5.74, 6) is 1.58. The number of hydrogen-bond donors (Lipinski definition) is 0. The number of rotatable bonds is 8. The number of amides is 1. The number of anilines is 1. The predicted molar refractivity (Wildman–Crippen MR) is 167 cm³/mol. The summed E-state index contributed by atoms with van der Waals surface area (Å²) in [4.78, 5) is 31.5. The lowest BCUT2D eigenvalue weighted by Gasteiger charge is -2.51. The summed E-state index contributed by atoms with van der Waals surface area (Å²) < 4.78 is 22.7. The van der Waals surface area contributed by atoms with E-state index in [0.29, 0.717) is 32.0 Å². The number of methoxy groups -OCH3 is 3. The van der Waals surface area contributed by atoms with Gasteiger partial charge in [0, 0.05) is 31.2 Å². The molecule has 1 saturated heterocycles. The molecular weight excluding hydrogens is 556 g/mol. The van der Waals surface area contributed by atoms with Crippen LogP contribution in [0.2, 0.25) is 0 Å². The van der Waals surface area contributed by atoms with Crippen molar-refractivity contribution in [3.63, 3.8) is 0 Å². The zero-order chi connectivity index (χ0) is 30.6. The van der Waals surface area contributed by atoms with E-state index in [0.717, 1.165) is 59.7 Å². The first-order valence-electron chi connectivity index (χ1n) is 15.6. The summed E-state index contributed by atoms with van der Waals surface area (Å²) in [7, 11) is 4.79. The normalized spacial score (nSPS) is 25.1. The molecule has 1 amide bonds. The maximum atomic E-state index is 13.7. The summed E-state index contributed by atoms with van der Waals surface area (Å²) in [6.07, 6.45) is 2.80. The van der Waals surface area contributed by atoms with Gasteiger partial charge in [-0.05, 0) is 78.1 Å². The SMILES string of the molecule is COC(=O)[C@@H]1[C@H]2C[C@H]3c4ccccc4N(Cc4cccc(OC)c4)C(=O)CCN3C[C@@H]2CC[C@@H]1OCc1cccc(OC)c1. The van der Waals surface area contributed by atoms with E-state index in [4.69, 9.17) is 18.9 Å². The summed E-state index contributed by atoms with van der Waals surface area (Å²) in [6, 6.07) is 24.1. The van der Waals surface area contributed by atoms with E-state index in [-0.39, 0.29) is 35.9 Å². The minimum Gasteiger partial charge on any atom is -0.497 e. The van der Waals surface area contributed by atoms with Crippen molar-refractivity contribution in [1.82, 2.24) is 4.90 Å². The van der Waals surface area contributed by atoms with Gasteiger partial charge >= 0.3 is 5.97 Å². The van der Waals surface area contributed by atoms with Gasteiger partial charge in [-0.1, -0.05) is 42.5 Å². The smallest absolute Gasteiger partial charge is 0.311 e. The quantitative estimate of drug-likeness (QED) is 0.304. The lowest BCUT2D eigenvalue weighted by molar-refractivity contribution is -0.165. The highest BCUT2D eigenvalue weighted by Crippen LogP contribution is 2.50. The van der Waals surface area contributed by atoms with E-state index >= 15 is 0 Å². The molecule has 3 aromatic rings. The van der Waals surface area contributed by atoms with E-state index in [1.807, 2.05) is 59.5 Å². The lowest BCUT2D eigenvalue weighted by atomic mass is 9.65. The summed E-state index contributed by atoms with van der Waals surface area (Å²) >= 11 is 0. The first-order valence-corrected chi connectivity index (χ1v) is 15.6. The van der Waals surface area contributed by atoms with Crippen LogP contribution in [0.5, 0.6) is 11.5 Å². The molecule has 0 aromatic heterocycles. The highest BCUT2D eigenvalue weighted by molar-refractivity contribution is 5.94. The minimum absolute atomic E-state index is 0.0812. The van der Waals surface area contributed by atoms with Crippen LogP contribution in [0, 0.1) is 17.8 Å². The van der Waals surface area contributed by atoms with Crippen molar-refractivity contribution >= 4 is 17.6 Å². The van der Waals surface area contributed by atoms with Gasteiger partial charge < -0.3 is 23.8 Å². The van der Waals surface area contributed by atoms with Crippen LogP contribution in [-0.2, 0) is 32.2 Å². The largest absolute Gasteiger partial charge is 0.497 e. The van der Waals surface area contributed by atoms with Crippen LogP contribution < -0.4 is 14.4 Å². The molecule has 44 heavy (non-hydrogen) atoms. The summed E-state index contributed by atoms with van der Waals surface area (Å²) in [6.45, 7) is 2.42. The van der Waals surface area contributed by atoms with Crippen molar-refractivity contribution in [1.29, 1.82) is 0 Å². The summed E-state index contributed by atoms with van der Waals surface area (Å²) in [5, 5.41) is 0. The van der Waals surface area contributed by atoms with Gasteiger partial charge in [0.2, 0.25) is 5.91 Å². The zero-order valence-electron chi connectivity index (χ0n) is 25.8. The van der Waals surface area contributed by atoms with Crippen molar-refractivity contribution in [2.45, 2.75) is 51.0 Å². The maximum absolute atomic E-state index is 13.7. The Morgan fingerprint density at radius 1 is 0.886 bits per heavy atom. The summed E-state index contributed by atoms with van der Waals surface area (Å²) in [5.41, 5.74) is 4.09. The second-order valence-corrected chi connectivity index (χ2v) is 12.1. The number of esters is 1. The van der Waals surface area contributed by atoms with Gasteiger partial charge in [0.15, 0.2) is 0 Å². The van der Waals surface area contributed by atoms with Crippen molar-refractivity contribution in [3.8, 4) is 11.5 Å². The highest BCUT2D eigenvalue weighted by Gasteiger charge is 2.50. The van der Waals surface area contributed by atoms with Gasteiger partial charge in [0.1, 0.15) is 11.5 Å². The Kier molecular flexibility index (Phi) is 9.19. The van der Waals surface area contributed by atoms with Gasteiger partial charge in [-0.25, -0.2) is 0 Å². The molecule has 6 rings (SSSR count). The molecule has 232 valence electrons. The molecule has 0 N–H and O–H groups in total. The number of para-hydroxylation sites is 1. The Hall–Kier alpha value is -3.88. The fourth-order valence-electron chi connectivity index (χ4n) is 7.58. The van der Waals surface area contributed by atoms with Crippen molar-refractivity contribution in [2.24, 2.45) is 17.8 Å². The number of piperidine rings is 1. The topological polar surface area (TPSA) is 77.5 Å². The van der Waals surface area contributed by atoms with Crippen LogP contribution in [-0.4, -0.2) is 57.3 Å². The zero-order valence-corrected chi connectivity index (χ0v) is 25.8. The lowest BCUT2D eigenvalue weighted by Crippen LogP contribution is -2.53. The van der Waals surface area contributed by atoms with Crippen LogP contribution in [0.15, 0.2) is 72.8 Å². The molecule has 3 aromatic carbocycles. The average Bonchev–Trinajstić information content (AvgIpc) is 3.07. The number of carbonyl (C=O) groups excluding carboxylic acids is 2. The Balaban J connectivity index is 1.28. The van der Waals surface area contributed by atoms with Crippen molar-refractivity contribution in [3.05, 3.63) is 89.5 Å². The molecule has 0 spiro atoms. The van der Waals surface area contributed by atoms with Crippen LogP contribution >= 0.6 is 0 Å². The molecular formula is C36H42N2O6. The van der Waals surface area contributed by atoms with Gasteiger partial charge in [-0.2, -0.15) is 0 Å². The third-order valence-corrected chi connectivity index (χ3v) is 9.74. The van der Waals surface area contributed by atoms with Crippen LogP contribution in [0.25, 0.3) is 0 Å². The van der Waals surface area contributed by atoms with Gasteiger partial charge in [-0.3, -0.25) is 14.5 Å². The third-order valence-electron chi connectivity index (χ3n) is 9.74. The molecule has 2 aliphatic heterocycles. The fraction of sp³-hybridized carbons (Fsp3) is 0.444. The Morgan fingerprint density at radius 3 is 2.36 bits per heavy atom. The molecule has 2 fully saturated rings. The predicted octanol–water partition coefficient (Wildman–Crippen LogP) is 5.79. The van der Waals surface area contributed by atoms with E-state index < -0.39 is 0 Å². The molecule has 8 nitrogen and oxygen atoms in total. The van der Waals surface area contributed by atoms with E-state index in [9.17, 15) is 9.59 Å². The molecule has 1 saturated carbocycles. The average molecular weight is 599 g/mol. The Labute approximate surface area is 259 Å². The van der Waals surface area contributed by atoms with Crippen LogP contribution in [0.3, 0.4) is 0 Å². The standard InChI is InChI=1S/C36H42N2O6/c1-41-27-10-6-8-24(18-27)21-38-31-13-5-4-12-29(31)32-20-30-26(22-37(32)17-16-34(38)39)14-15-33(35(30)36(40)43-3)44-23-25-9-7-11-28(19-25)42-2/h4-13,18-19,26,30,32-33,35H,14-17,20-23H2,1-3H3/t26-,30-,32-,33-,35+/m0/s1. The first-order chi connectivity index (χ1) is 21.5. The molecule has 3 aliphatic rings. The molecule has 5 atom stereocenters. The van der Waals surface area contributed by atoms with Crippen LogP contribution in [0.1, 0.15) is 48.4 Å². The highest BCUT2D eigenvalue weighted by atomic mass is 16.5. The number of carbonyl (C=O) groups is 2. The van der Waals surface area contributed by atoms with Crippen molar-refractivity contribution in [2.75, 3.05) is 39.3 Å². The van der Waals surface area contributed by atoms with Crippen molar-refractivity contribution < 1.29 is 28.5 Å². The van der Waals surface area contributed by atoms with Gasteiger partial charge in [0.25, 0.3) is 0 Å². The molecule has 0 radical (unpaired) electrons. The minimum atomic E-state index is -0.348. The second kappa shape index (κ2) is 13.4. The Morgan fingerprint density at radius 2 is 1.61 bits per heavy atom. The number of benzene rings is 3. The molecule has 1 aliphatic carbocycles.